The van der Waals surface area contributed by atoms with Crippen molar-refractivity contribution < 1.29 is 9.18 Å². The molecule has 3 nitrogen and oxygen atoms in total. The van der Waals surface area contributed by atoms with Crippen LogP contribution in [0, 0.1) is 11.9 Å². The van der Waals surface area contributed by atoms with Crippen molar-refractivity contribution in [2.45, 2.75) is 39.2 Å². The first kappa shape index (κ1) is 13.0. The topological polar surface area (TPSA) is 33.2 Å². The van der Waals surface area contributed by atoms with Crippen LogP contribution < -0.4 is 0 Å². The summed E-state index contributed by atoms with van der Waals surface area (Å²) in [6.07, 6.45) is 4.38. The minimum Gasteiger partial charge on any atom is -0.336 e. The van der Waals surface area contributed by atoms with E-state index in [1.165, 1.54) is 12.3 Å². The molecule has 1 saturated carbocycles. The summed E-state index contributed by atoms with van der Waals surface area (Å²) in [6, 6.07) is 3.41. The molecule has 1 heterocycles. The van der Waals surface area contributed by atoms with Gasteiger partial charge in [0.25, 0.3) is 5.91 Å². The number of carbonyl (C=O) groups excluding carboxylic acids is 1. The molecule has 1 amide bonds. The highest BCUT2D eigenvalue weighted by molar-refractivity contribution is 5.94. The molecule has 4 heteroatoms. The maximum absolute atomic E-state index is 13.5. The second-order valence-electron chi connectivity index (χ2n) is 5.25. The fourth-order valence-corrected chi connectivity index (χ4v) is 1.93. The van der Waals surface area contributed by atoms with Crippen molar-refractivity contribution in [1.29, 1.82) is 0 Å². The fraction of sp³-hybridized carbons (Fsp3) is 0.571. The second kappa shape index (κ2) is 5.46. The molecule has 0 saturated heterocycles. The molecule has 1 aliphatic rings. The third-order valence-corrected chi connectivity index (χ3v) is 3.19. The maximum atomic E-state index is 13.5. The summed E-state index contributed by atoms with van der Waals surface area (Å²) in [5, 5.41) is 0. The Labute approximate surface area is 107 Å². The van der Waals surface area contributed by atoms with E-state index >= 15 is 0 Å². The molecule has 0 bridgehead atoms. The Morgan fingerprint density at radius 1 is 1.56 bits per heavy atom. The SMILES string of the molecule is CC(C)CCN(C(=O)c1cccnc1F)C1CC1. The lowest BCUT2D eigenvalue weighted by Crippen LogP contribution is -2.35. The standard InChI is InChI=1S/C14H19FN2O/c1-10(2)7-9-17(11-5-6-11)14(18)12-4-3-8-16-13(12)15/h3-4,8,10-11H,5-7,9H2,1-2H3. The van der Waals surface area contributed by atoms with Crippen LogP contribution in [0.5, 0.6) is 0 Å². The van der Waals surface area contributed by atoms with Crippen LogP contribution in [0.1, 0.15) is 43.5 Å². The molecule has 0 aliphatic heterocycles. The molecule has 1 aromatic rings. The Morgan fingerprint density at radius 2 is 2.28 bits per heavy atom. The minimum absolute atomic E-state index is 0.0909. The predicted octanol–water partition coefficient (Wildman–Crippen LogP) is 2.87. The lowest BCUT2D eigenvalue weighted by atomic mass is 10.1. The molecule has 0 unspecified atom stereocenters. The lowest BCUT2D eigenvalue weighted by Gasteiger charge is -2.23. The summed E-state index contributed by atoms with van der Waals surface area (Å²) in [5.74, 6) is -0.348. The first-order valence-corrected chi connectivity index (χ1v) is 6.51. The molecule has 98 valence electrons. The number of halogens is 1. The van der Waals surface area contributed by atoms with Crippen LogP contribution in [0.15, 0.2) is 18.3 Å². The number of amides is 1. The predicted molar refractivity (Wildman–Crippen MR) is 67.7 cm³/mol. The number of hydrogen-bond donors (Lipinski definition) is 0. The smallest absolute Gasteiger partial charge is 0.258 e. The van der Waals surface area contributed by atoms with Crippen molar-refractivity contribution >= 4 is 5.91 Å². The van der Waals surface area contributed by atoms with Crippen molar-refractivity contribution in [3.8, 4) is 0 Å². The number of hydrogen-bond acceptors (Lipinski definition) is 2. The quantitative estimate of drug-likeness (QED) is 0.753. The van der Waals surface area contributed by atoms with Crippen molar-refractivity contribution in [3.63, 3.8) is 0 Å². The lowest BCUT2D eigenvalue weighted by molar-refractivity contribution is 0.0729. The first-order valence-electron chi connectivity index (χ1n) is 6.51. The Morgan fingerprint density at radius 3 is 2.83 bits per heavy atom. The Hall–Kier alpha value is -1.45. The number of nitrogens with zero attached hydrogens (tertiary/aromatic N) is 2. The van der Waals surface area contributed by atoms with Crippen LogP contribution >= 0.6 is 0 Å². The van der Waals surface area contributed by atoms with E-state index in [1.54, 1.807) is 11.0 Å². The number of aromatic nitrogens is 1. The monoisotopic (exact) mass is 250 g/mol. The van der Waals surface area contributed by atoms with E-state index in [0.717, 1.165) is 19.3 Å². The van der Waals surface area contributed by atoms with Gasteiger partial charge in [0.2, 0.25) is 5.95 Å². The Bertz CT molecular complexity index is 430. The van der Waals surface area contributed by atoms with Gasteiger partial charge in [0.1, 0.15) is 0 Å². The van der Waals surface area contributed by atoms with E-state index in [-0.39, 0.29) is 11.5 Å². The number of pyridine rings is 1. The number of carbonyl (C=O) groups is 1. The molecule has 1 aliphatic carbocycles. The molecular formula is C14H19FN2O. The third kappa shape index (κ3) is 3.06. The molecule has 2 rings (SSSR count). The van der Waals surface area contributed by atoms with E-state index in [9.17, 15) is 9.18 Å². The highest BCUT2D eigenvalue weighted by Crippen LogP contribution is 2.29. The molecule has 1 aromatic heterocycles. The van der Waals surface area contributed by atoms with Gasteiger partial charge >= 0.3 is 0 Å². The van der Waals surface area contributed by atoms with E-state index in [0.29, 0.717) is 18.5 Å². The Balaban J connectivity index is 2.11. The van der Waals surface area contributed by atoms with Crippen molar-refractivity contribution in [2.24, 2.45) is 5.92 Å². The van der Waals surface area contributed by atoms with Gasteiger partial charge in [-0.15, -0.1) is 0 Å². The molecule has 0 N–H and O–H groups in total. The fourth-order valence-electron chi connectivity index (χ4n) is 1.93. The van der Waals surface area contributed by atoms with Crippen LogP contribution in [0.3, 0.4) is 0 Å². The zero-order chi connectivity index (χ0) is 13.1. The van der Waals surface area contributed by atoms with Gasteiger partial charge in [-0.05, 0) is 37.3 Å². The van der Waals surface area contributed by atoms with E-state index < -0.39 is 5.95 Å². The summed E-state index contributed by atoms with van der Waals surface area (Å²) in [4.78, 5) is 17.7. The Kier molecular flexibility index (Phi) is 3.94. The van der Waals surface area contributed by atoms with Crippen LogP contribution in [-0.2, 0) is 0 Å². The summed E-state index contributed by atoms with van der Waals surface area (Å²) in [6.45, 7) is 4.95. The van der Waals surface area contributed by atoms with Gasteiger partial charge in [-0.3, -0.25) is 4.79 Å². The zero-order valence-electron chi connectivity index (χ0n) is 10.9. The summed E-state index contributed by atoms with van der Waals surface area (Å²) in [7, 11) is 0. The molecule has 0 atom stereocenters. The van der Waals surface area contributed by atoms with Gasteiger partial charge in [-0.2, -0.15) is 4.39 Å². The zero-order valence-corrected chi connectivity index (χ0v) is 10.9. The van der Waals surface area contributed by atoms with Crippen LogP contribution in [0.2, 0.25) is 0 Å². The summed E-state index contributed by atoms with van der Waals surface area (Å²) < 4.78 is 13.5. The average molecular weight is 250 g/mol. The second-order valence-corrected chi connectivity index (χ2v) is 5.25. The molecular weight excluding hydrogens is 231 g/mol. The van der Waals surface area contributed by atoms with E-state index in [2.05, 4.69) is 18.8 Å². The highest BCUT2D eigenvalue weighted by Gasteiger charge is 2.33. The molecule has 0 aromatic carbocycles. The van der Waals surface area contributed by atoms with E-state index in [4.69, 9.17) is 0 Å². The summed E-state index contributed by atoms with van der Waals surface area (Å²) >= 11 is 0. The van der Waals surface area contributed by atoms with Crippen LogP contribution in [0.4, 0.5) is 4.39 Å². The van der Waals surface area contributed by atoms with Gasteiger partial charge in [0.15, 0.2) is 0 Å². The molecule has 0 radical (unpaired) electrons. The van der Waals surface area contributed by atoms with Crippen LogP contribution in [0.25, 0.3) is 0 Å². The molecule has 18 heavy (non-hydrogen) atoms. The van der Waals surface area contributed by atoms with Crippen molar-refractivity contribution in [1.82, 2.24) is 9.88 Å². The van der Waals surface area contributed by atoms with Gasteiger partial charge < -0.3 is 4.90 Å². The number of rotatable bonds is 5. The van der Waals surface area contributed by atoms with E-state index in [1.807, 2.05) is 0 Å². The first-order chi connectivity index (χ1) is 8.59. The minimum atomic E-state index is -0.669. The van der Waals surface area contributed by atoms with Gasteiger partial charge in [-0.25, -0.2) is 4.98 Å². The maximum Gasteiger partial charge on any atom is 0.258 e. The average Bonchev–Trinajstić information content (AvgIpc) is 3.13. The highest BCUT2D eigenvalue weighted by atomic mass is 19.1. The normalized spacial score (nSPS) is 14.9. The largest absolute Gasteiger partial charge is 0.336 e. The van der Waals surface area contributed by atoms with Gasteiger partial charge in [0, 0.05) is 18.8 Å². The molecule has 0 spiro atoms. The summed E-state index contributed by atoms with van der Waals surface area (Å²) in [5.41, 5.74) is 0.0909. The van der Waals surface area contributed by atoms with Crippen molar-refractivity contribution in [2.75, 3.05) is 6.54 Å². The third-order valence-electron chi connectivity index (χ3n) is 3.19. The van der Waals surface area contributed by atoms with Gasteiger partial charge in [0.05, 0.1) is 5.56 Å². The van der Waals surface area contributed by atoms with Crippen LogP contribution in [-0.4, -0.2) is 28.4 Å². The van der Waals surface area contributed by atoms with Gasteiger partial charge in [-0.1, -0.05) is 13.8 Å². The molecule has 1 fully saturated rings. The van der Waals surface area contributed by atoms with Crippen molar-refractivity contribution in [3.05, 3.63) is 29.8 Å².